The van der Waals surface area contributed by atoms with Crippen LogP contribution >= 0.6 is 11.6 Å². The zero-order valence-corrected chi connectivity index (χ0v) is 17.4. The molecule has 0 aliphatic carbocycles. The van der Waals surface area contributed by atoms with Gasteiger partial charge in [0.15, 0.2) is 9.84 Å². The van der Waals surface area contributed by atoms with Gasteiger partial charge in [-0.15, -0.1) is 0 Å². The topological polar surface area (TPSA) is 49.4 Å². The minimum absolute atomic E-state index is 0.144. The Balaban J connectivity index is 1.76. The highest BCUT2D eigenvalue weighted by molar-refractivity contribution is 7.92. The lowest BCUT2D eigenvalue weighted by Gasteiger charge is -2.40. The summed E-state index contributed by atoms with van der Waals surface area (Å²) in [6.07, 6.45) is 2.09. The van der Waals surface area contributed by atoms with Gasteiger partial charge in [-0.05, 0) is 55.5 Å². The molecule has 156 valence electrons. The van der Waals surface area contributed by atoms with Crippen LogP contribution in [0.2, 0.25) is 5.02 Å². The molecule has 0 bridgehead atoms. The van der Waals surface area contributed by atoms with Crippen molar-refractivity contribution in [2.75, 3.05) is 19.6 Å². The molecular weight excluding hydrogens is 418 g/mol. The molecule has 1 atom stereocenters. The van der Waals surface area contributed by atoms with Crippen LogP contribution in [-0.2, 0) is 22.8 Å². The molecule has 2 aromatic carbocycles. The Bertz CT molecular complexity index is 1010. The van der Waals surface area contributed by atoms with Crippen molar-refractivity contribution < 1.29 is 17.2 Å². The van der Waals surface area contributed by atoms with E-state index in [9.17, 15) is 17.2 Å². The monoisotopic (exact) mass is 440 g/mol. The molecule has 1 fully saturated rings. The normalized spacial score (nSPS) is 19.7. The number of hydrogen-bond acceptors (Lipinski definition) is 4. The maximum atomic E-state index is 14.6. The number of sulfone groups is 1. The maximum Gasteiger partial charge on any atom is 0.197 e. The highest BCUT2D eigenvalue weighted by atomic mass is 35.5. The lowest BCUT2D eigenvalue weighted by molar-refractivity contribution is 0.159. The molecule has 1 saturated heterocycles. The fraction of sp³-hybridized carbons (Fsp3) is 0.429. The molecule has 8 heteroatoms. The number of hydrogen-bond donors (Lipinski definition) is 1. The molecule has 0 aromatic heterocycles. The van der Waals surface area contributed by atoms with Crippen LogP contribution in [0.4, 0.5) is 8.78 Å². The van der Waals surface area contributed by atoms with Gasteiger partial charge in [0.2, 0.25) is 0 Å². The molecule has 2 aromatic rings. The van der Waals surface area contributed by atoms with Crippen molar-refractivity contribution in [3.63, 3.8) is 0 Å². The Hall–Kier alpha value is -1.54. The standard InChI is InChI=1S/C21H23ClF2N2O2S/c22-17-11-20(19(24)12-18(17)23)29(27,28)21(15-5-8-25-9-6-15)26-10-7-14-3-1-2-4-16(14)13-26/h1-4,11-12,15,21,25H,5-10,13H2. The van der Waals surface area contributed by atoms with Gasteiger partial charge < -0.3 is 5.32 Å². The first kappa shape index (κ1) is 20.7. The molecule has 0 amide bonds. The van der Waals surface area contributed by atoms with Crippen LogP contribution in [-0.4, -0.2) is 38.3 Å². The van der Waals surface area contributed by atoms with Gasteiger partial charge in [-0.3, -0.25) is 4.90 Å². The summed E-state index contributed by atoms with van der Waals surface area (Å²) in [4.78, 5) is 1.41. The van der Waals surface area contributed by atoms with Gasteiger partial charge >= 0.3 is 0 Å². The quantitative estimate of drug-likeness (QED) is 0.580. The summed E-state index contributed by atoms with van der Waals surface area (Å²) >= 11 is 5.81. The van der Waals surface area contributed by atoms with Crippen LogP contribution in [0.25, 0.3) is 0 Å². The molecule has 0 spiro atoms. The summed E-state index contributed by atoms with van der Waals surface area (Å²) in [5.41, 5.74) is 2.30. The molecule has 2 aliphatic rings. The number of halogens is 3. The van der Waals surface area contributed by atoms with E-state index in [-0.39, 0.29) is 5.92 Å². The van der Waals surface area contributed by atoms with Gasteiger partial charge in [-0.1, -0.05) is 35.9 Å². The van der Waals surface area contributed by atoms with Gasteiger partial charge in [0, 0.05) is 19.2 Å². The average molecular weight is 441 g/mol. The molecule has 0 radical (unpaired) electrons. The van der Waals surface area contributed by atoms with Crippen molar-refractivity contribution in [3.05, 3.63) is 64.2 Å². The molecule has 2 aliphatic heterocycles. The molecule has 0 saturated carbocycles. The zero-order valence-electron chi connectivity index (χ0n) is 15.9. The third kappa shape index (κ3) is 4.06. The maximum absolute atomic E-state index is 14.6. The molecule has 4 nitrogen and oxygen atoms in total. The predicted octanol–water partition coefficient (Wildman–Crippen LogP) is 3.78. The Morgan fingerprint density at radius 1 is 1.07 bits per heavy atom. The van der Waals surface area contributed by atoms with E-state index >= 15 is 0 Å². The number of benzene rings is 2. The van der Waals surface area contributed by atoms with Crippen molar-refractivity contribution in [1.29, 1.82) is 0 Å². The minimum Gasteiger partial charge on any atom is -0.317 e. The van der Waals surface area contributed by atoms with E-state index in [0.717, 1.165) is 18.1 Å². The van der Waals surface area contributed by atoms with Crippen LogP contribution in [0.15, 0.2) is 41.3 Å². The second kappa shape index (κ2) is 8.30. The highest BCUT2D eigenvalue weighted by Crippen LogP contribution is 2.35. The van der Waals surface area contributed by atoms with E-state index in [1.807, 2.05) is 23.1 Å². The number of rotatable bonds is 4. The van der Waals surface area contributed by atoms with E-state index < -0.39 is 36.8 Å². The van der Waals surface area contributed by atoms with Gasteiger partial charge in [0.25, 0.3) is 0 Å². The Morgan fingerprint density at radius 3 is 2.48 bits per heavy atom. The fourth-order valence-corrected chi connectivity index (χ4v) is 6.92. The zero-order chi connectivity index (χ0) is 20.6. The highest BCUT2D eigenvalue weighted by Gasteiger charge is 2.42. The first-order valence-corrected chi connectivity index (χ1v) is 11.7. The summed E-state index contributed by atoms with van der Waals surface area (Å²) in [7, 11) is -4.10. The van der Waals surface area contributed by atoms with Gasteiger partial charge in [-0.25, -0.2) is 17.2 Å². The van der Waals surface area contributed by atoms with Crippen LogP contribution in [0, 0.1) is 17.6 Å². The van der Waals surface area contributed by atoms with Crippen molar-refractivity contribution in [2.24, 2.45) is 5.92 Å². The minimum atomic E-state index is -4.10. The molecule has 1 unspecified atom stereocenters. The van der Waals surface area contributed by atoms with Crippen LogP contribution in [0.1, 0.15) is 24.0 Å². The first-order valence-electron chi connectivity index (χ1n) is 9.78. The van der Waals surface area contributed by atoms with Crippen LogP contribution in [0.3, 0.4) is 0 Å². The molecular formula is C21H23ClF2N2O2S. The predicted molar refractivity (Wildman–Crippen MR) is 108 cm³/mol. The molecule has 4 rings (SSSR count). The van der Waals surface area contributed by atoms with Gasteiger partial charge in [-0.2, -0.15) is 0 Å². The first-order chi connectivity index (χ1) is 13.9. The summed E-state index contributed by atoms with van der Waals surface area (Å²) in [6, 6.07) is 9.44. The second-order valence-corrected chi connectivity index (χ2v) is 10.1. The second-order valence-electron chi connectivity index (χ2n) is 7.71. The van der Waals surface area contributed by atoms with E-state index in [4.69, 9.17) is 11.6 Å². The number of nitrogens with one attached hydrogen (secondary N) is 1. The smallest absolute Gasteiger partial charge is 0.197 e. The van der Waals surface area contributed by atoms with E-state index in [1.165, 1.54) is 5.56 Å². The van der Waals surface area contributed by atoms with E-state index in [0.29, 0.717) is 45.1 Å². The third-order valence-corrected chi connectivity index (χ3v) is 8.44. The van der Waals surface area contributed by atoms with Crippen LogP contribution < -0.4 is 5.32 Å². The van der Waals surface area contributed by atoms with E-state index in [2.05, 4.69) is 11.4 Å². The number of nitrogens with zero attached hydrogens (tertiary/aromatic N) is 1. The lowest BCUT2D eigenvalue weighted by Crippen LogP contribution is -2.50. The summed E-state index contributed by atoms with van der Waals surface area (Å²) in [5, 5.41) is 1.98. The summed E-state index contributed by atoms with van der Waals surface area (Å²) in [6.45, 7) is 2.49. The third-order valence-electron chi connectivity index (χ3n) is 5.91. The largest absolute Gasteiger partial charge is 0.317 e. The fourth-order valence-electron chi connectivity index (χ4n) is 4.46. The van der Waals surface area contributed by atoms with Crippen LogP contribution in [0.5, 0.6) is 0 Å². The number of piperidine rings is 1. The Morgan fingerprint density at radius 2 is 1.76 bits per heavy atom. The summed E-state index contributed by atoms with van der Waals surface area (Å²) in [5.74, 6) is -2.20. The van der Waals surface area contributed by atoms with Crippen molar-refractivity contribution in [1.82, 2.24) is 10.2 Å². The van der Waals surface area contributed by atoms with Crippen molar-refractivity contribution in [2.45, 2.75) is 36.1 Å². The lowest BCUT2D eigenvalue weighted by atomic mass is 9.94. The average Bonchev–Trinajstić information content (AvgIpc) is 2.71. The number of fused-ring (bicyclic) bond motifs is 1. The molecule has 2 heterocycles. The van der Waals surface area contributed by atoms with Gasteiger partial charge in [0.1, 0.15) is 21.9 Å². The SMILES string of the molecule is O=S(=O)(c1cc(Cl)c(F)cc1F)C(C1CCNCC1)N1CCc2ccccc2C1. The Kier molecular flexibility index (Phi) is 5.93. The van der Waals surface area contributed by atoms with Crippen molar-refractivity contribution >= 4 is 21.4 Å². The van der Waals surface area contributed by atoms with Crippen molar-refractivity contribution in [3.8, 4) is 0 Å². The Labute approximate surface area is 174 Å². The summed E-state index contributed by atoms with van der Waals surface area (Å²) < 4.78 is 55.5. The van der Waals surface area contributed by atoms with Gasteiger partial charge in [0.05, 0.1) is 5.02 Å². The van der Waals surface area contributed by atoms with E-state index in [1.54, 1.807) is 0 Å². The molecule has 29 heavy (non-hydrogen) atoms. The molecule has 1 N–H and O–H groups in total.